The standard InChI is InChI=1S/C28H30ClNO8/c1-27-10-8-18-25(33)37-21(15-9-11-36-14-15)13-28(18,2)23(27)22(31)20(12-19(27)24(32)35-3)38-26(34)30-17-6-4-16(29)5-7-17/h4-7,9,11,14,18-21,23H,8,10,12-13H2,1-3H3,(H,30,34)/t18-,19-,20-,21-,23-,27-,28-/m0/s1. The fraction of sp³-hybridized carbons (Fsp3) is 0.500. The molecule has 10 heteroatoms. The van der Waals surface area contributed by atoms with Crippen LogP contribution in [0.2, 0.25) is 5.02 Å². The molecule has 0 radical (unpaired) electrons. The number of Topliss-reactive ketones (excluding diaryl/α,β-unsaturated/α-hetero) is 1. The van der Waals surface area contributed by atoms with Crippen molar-refractivity contribution >= 4 is 41.1 Å². The number of fused-ring (bicyclic) bond motifs is 3. The first-order valence-corrected chi connectivity index (χ1v) is 13.0. The number of benzene rings is 1. The molecule has 1 aromatic heterocycles. The Morgan fingerprint density at radius 1 is 1.11 bits per heavy atom. The van der Waals surface area contributed by atoms with E-state index in [1.807, 2.05) is 13.8 Å². The quantitative estimate of drug-likeness (QED) is 0.405. The van der Waals surface area contributed by atoms with Gasteiger partial charge in [0.05, 0.1) is 31.5 Å². The zero-order chi connectivity index (χ0) is 27.2. The van der Waals surface area contributed by atoms with Crippen LogP contribution in [0.25, 0.3) is 0 Å². The van der Waals surface area contributed by atoms with E-state index in [2.05, 4.69) is 5.32 Å². The summed E-state index contributed by atoms with van der Waals surface area (Å²) in [7, 11) is 1.31. The summed E-state index contributed by atoms with van der Waals surface area (Å²) >= 11 is 5.91. The van der Waals surface area contributed by atoms with E-state index in [4.69, 9.17) is 30.2 Å². The number of nitrogens with one attached hydrogen (secondary N) is 1. The lowest BCUT2D eigenvalue weighted by atomic mass is 9.43. The number of furan rings is 1. The summed E-state index contributed by atoms with van der Waals surface area (Å²) in [6.07, 6.45) is 1.72. The number of cyclic esters (lactones) is 1. The minimum atomic E-state index is -1.19. The summed E-state index contributed by atoms with van der Waals surface area (Å²) in [6, 6.07) is 8.18. The molecule has 7 atom stereocenters. The van der Waals surface area contributed by atoms with Crippen LogP contribution >= 0.6 is 11.6 Å². The number of carbonyl (C=O) groups is 4. The van der Waals surface area contributed by atoms with E-state index in [1.54, 1.807) is 30.3 Å². The average molecular weight is 544 g/mol. The Morgan fingerprint density at radius 3 is 2.50 bits per heavy atom. The van der Waals surface area contributed by atoms with E-state index in [1.165, 1.54) is 19.6 Å². The summed E-state index contributed by atoms with van der Waals surface area (Å²) in [5.41, 5.74) is -0.490. The molecule has 1 N–H and O–H groups in total. The summed E-state index contributed by atoms with van der Waals surface area (Å²) in [6.45, 7) is 3.82. The molecule has 1 saturated heterocycles. The third-order valence-electron chi connectivity index (χ3n) is 8.84. The summed E-state index contributed by atoms with van der Waals surface area (Å²) in [5, 5.41) is 3.11. The third-order valence-corrected chi connectivity index (χ3v) is 9.10. The smallest absolute Gasteiger partial charge is 0.412 e. The minimum absolute atomic E-state index is 0.00287. The van der Waals surface area contributed by atoms with Gasteiger partial charge in [0, 0.05) is 28.6 Å². The average Bonchev–Trinajstić information content (AvgIpc) is 3.41. The molecule has 2 aromatic rings. The maximum absolute atomic E-state index is 14.2. The van der Waals surface area contributed by atoms with Gasteiger partial charge in [0.15, 0.2) is 11.9 Å². The molecule has 1 aromatic carbocycles. The Balaban J connectivity index is 1.48. The van der Waals surface area contributed by atoms with Crippen molar-refractivity contribution in [3.05, 3.63) is 53.4 Å². The van der Waals surface area contributed by atoms with E-state index in [9.17, 15) is 19.2 Å². The van der Waals surface area contributed by atoms with E-state index in [0.717, 1.165) is 0 Å². The Labute approximate surface area is 225 Å². The van der Waals surface area contributed by atoms with Gasteiger partial charge in [0.1, 0.15) is 6.10 Å². The number of amides is 1. The fourth-order valence-corrected chi connectivity index (χ4v) is 7.20. The van der Waals surface area contributed by atoms with Crippen LogP contribution in [0.15, 0.2) is 47.3 Å². The number of anilines is 1. The van der Waals surface area contributed by atoms with Gasteiger partial charge in [-0.05, 0) is 60.4 Å². The number of rotatable bonds is 4. The Morgan fingerprint density at radius 2 is 1.84 bits per heavy atom. The molecular weight excluding hydrogens is 514 g/mol. The second kappa shape index (κ2) is 9.76. The van der Waals surface area contributed by atoms with Crippen molar-refractivity contribution in [1.82, 2.24) is 0 Å². The predicted octanol–water partition coefficient (Wildman–Crippen LogP) is 5.34. The highest BCUT2D eigenvalue weighted by Gasteiger charge is 2.67. The summed E-state index contributed by atoms with van der Waals surface area (Å²) < 4.78 is 21.8. The van der Waals surface area contributed by atoms with Crippen molar-refractivity contribution < 1.29 is 37.8 Å². The minimum Gasteiger partial charge on any atom is -0.472 e. The van der Waals surface area contributed by atoms with Crippen molar-refractivity contribution in [2.45, 2.75) is 51.7 Å². The maximum Gasteiger partial charge on any atom is 0.412 e. The van der Waals surface area contributed by atoms with Crippen LogP contribution in [0.4, 0.5) is 10.5 Å². The summed E-state index contributed by atoms with van der Waals surface area (Å²) in [4.78, 5) is 53.3. The van der Waals surface area contributed by atoms with Gasteiger partial charge in [-0.25, -0.2) is 4.79 Å². The zero-order valence-corrected chi connectivity index (χ0v) is 22.2. The van der Waals surface area contributed by atoms with Crippen molar-refractivity contribution in [1.29, 1.82) is 0 Å². The predicted molar refractivity (Wildman–Crippen MR) is 135 cm³/mol. The molecule has 3 aliphatic rings. The normalized spacial score (nSPS) is 34.4. The van der Waals surface area contributed by atoms with Gasteiger partial charge >= 0.3 is 18.0 Å². The van der Waals surface area contributed by atoms with Gasteiger partial charge < -0.3 is 18.6 Å². The van der Waals surface area contributed by atoms with Gasteiger partial charge in [0.25, 0.3) is 0 Å². The molecule has 5 rings (SSSR count). The number of hydrogen-bond acceptors (Lipinski definition) is 8. The first kappa shape index (κ1) is 26.3. The molecule has 1 aliphatic heterocycles. The van der Waals surface area contributed by atoms with Crippen LogP contribution in [0.5, 0.6) is 0 Å². The number of ketones is 1. The molecule has 3 fully saturated rings. The van der Waals surface area contributed by atoms with Crippen LogP contribution in [-0.4, -0.2) is 37.0 Å². The second-order valence-electron chi connectivity index (χ2n) is 11.0. The van der Waals surface area contributed by atoms with Crippen LogP contribution in [0.3, 0.4) is 0 Å². The van der Waals surface area contributed by atoms with Crippen LogP contribution in [0, 0.1) is 28.6 Å². The van der Waals surface area contributed by atoms with Gasteiger partial charge in [-0.3, -0.25) is 19.7 Å². The Hall–Kier alpha value is -3.33. The van der Waals surface area contributed by atoms with Crippen molar-refractivity contribution in [3.63, 3.8) is 0 Å². The number of methoxy groups -OCH3 is 1. The highest BCUT2D eigenvalue weighted by atomic mass is 35.5. The number of esters is 2. The van der Waals surface area contributed by atoms with Crippen molar-refractivity contribution in [2.24, 2.45) is 28.6 Å². The van der Waals surface area contributed by atoms with Crippen molar-refractivity contribution in [2.75, 3.05) is 12.4 Å². The lowest BCUT2D eigenvalue weighted by Crippen LogP contribution is -2.64. The first-order chi connectivity index (χ1) is 18.1. The van der Waals surface area contributed by atoms with Crippen LogP contribution < -0.4 is 5.32 Å². The number of carbonyl (C=O) groups excluding carboxylic acids is 4. The first-order valence-electron chi connectivity index (χ1n) is 12.6. The lowest BCUT2D eigenvalue weighted by Gasteiger charge is -2.60. The molecular formula is C28H30ClNO8. The molecule has 2 heterocycles. The highest BCUT2D eigenvalue weighted by Crippen LogP contribution is 2.65. The van der Waals surface area contributed by atoms with Gasteiger partial charge in [-0.2, -0.15) is 0 Å². The zero-order valence-electron chi connectivity index (χ0n) is 21.4. The molecule has 1 amide bonds. The SMILES string of the molecule is COC(=O)[C@@H]1C[C@H](OC(=O)Nc2ccc(Cl)cc2)C(=O)[C@H]2[C@@]1(C)CC[C@H]1C(=O)O[C@H](c3ccoc3)C[C@]21C. The monoisotopic (exact) mass is 543 g/mol. The summed E-state index contributed by atoms with van der Waals surface area (Å²) in [5.74, 6) is -3.13. The van der Waals surface area contributed by atoms with E-state index >= 15 is 0 Å². The molecule has 0 unspecified atom stereocenters. The molecule has 0 spiro atoms. The Bertz CT molecular complexity index is 1240. The molecule has 2 aliphatic carbocycles. The number of ether oxygens (including phenoxy) is 3. The topological polar surface area (TPSA) is 121 Å². The number of hydrogen-bond donors (Lipinski definition) is 1. The molecule has 2 saturated carbocycles. The van der Waals surface area contributed by atoms with E-state index in [-0.39, 0.29) is 18.2 Å². The molecule has 0 bridgehead atoms. The molecule has 202 valence electrons. The fourth-order valence-electron chi connectivity index (χ4n) is 7.07. The largest absolute Gasteiger partial charge is 0.472 e. The van der Waals surface area contributed by atoms with Crippen molar-refractivity contribution in [3.8, 4) is 0 Å². The van der Waals surface area contributed by atoms with Gasteiger partial charge in [0.2, 0.25) is 0 Å². The lowest BCUT2D eigenvalue weighted by molar-refractivity contribution is -0.207. The Kier molecular flexibility index (Phi) is 6.75. The van der Waals surface area contributed by atoms with E-state index in [0.29, 0.717) is 35.5 Å². The molecule has 9 nitrogen and oxygen atoms in total. The number of halogens is 1. The molecule has 38 heavy (non-hydrogen) atoms. The van der Waals surface area contributed by atoms with Gasteiger partial charge in [-0.15, -0.1) is 0 Å². The van der Waals surface area contributed by atoms with Crippen LogP contribution in [-0.2, 0) is 28.6 Å². The highest BCUT2D eigenvalue weighted by molar-refractivity contribution is 6.30. The van der Waals surface area contributed by atoms with Gasteiger partial charge in [-0.1, -0.05) is 25.4 Å². The third kappa shape index (κ3) is 4.36. The maximum atomic E-state index is 14.2. The van der Waals surface area contributed by atoms with E-state index < -0.39 is 52.9 Å². The second-order valence-corrected chi connectivity index (χ2v) is 11.4. The van der Waals surface area contributed by atoms with Crippen LogP contribution in [0.1, 0.15) is 51.2 Å².